The van der Waals surface area contributed by atoms with Gasteiger partial charge in [-0.15, -0.1) is 0 Å². The summed E-state index contributed by atoms with van der Waals surface area (Å²) in [5.41, 5.74) is 21.1. The predicted octanol–water partition coefficient (Wildman–Crippen LogP) is 18.1. The van der Waals surface area contributed by atoms with Gasteiger partial charge in [0.25, 0.3) is 0 Å². The summed E-state index contributed by atoms with van der Waals surface area (Å²) in [5, 5.41) is 0. The van der Waals surface area contributed by atoms with Gasteiger partial charge in [-0.3, -0.25) is 0 Å². The first-order valence-electron chi connectivity index (χ1n) is 22.4. The van der Waals surface area contributed by atoms with E-state index in [4.69, 9.17) is 0 Å². The first-order chi connectivity index (χ1) is 31.9. The molecule has 0 aliphatic rings. The van der Waals surface area contributed by atoms with Crippen molar-refractivity contribution in [3.63, 3.8) is 0 Å². The third kappa shape index (κ3) is 11.5. The lowest BCUT2D eigenvalue weighted by Crippen LogP contribution is -2.09. The molecule has 1 nitrogen and oxygen atoms in total. The highest BCUT2D eigenvalue weighted by atomic mass is 15.1. The lowest BCUT2D eigenvalue weighted by atomic mass is 10.00. The van der Waals surface area contributed by atoms with Crippen LogP contribution in [0.15, 0.2) is 261 Å². The van der Waals surface area contributed by atoms with Gasteiger partial charge in [-0.2, -0.15) is 0 Å². The van der Waals surface area contributed by atoms with Gasteiger partial charge in [0.2, 0.25) is 0 Å². The minimum absolute atomic E-state index is 1.13. The molecule has 10 rings (SSSR count). The van der Waals surface area contributed by atoms with Crippen LogP contribution in [0.3, 0.4) is 0 Å². The fourth-order valence-corrected chi connectivity index (χ4v) is 7.87. The summed E-state index contributed by atoms with van der Waals surface area (Å²) in [4.78, 5) is 2.33. The Hall–Kier alpha value is -8.00. The lowest BCUT2D eigenvalue weighted by molar-refractivity contribution is 1.28. The molecule has 0 aromatic heterocycles. The molecular weight excluding hydrogens is 783 g/mol. The zero-order valence-electron chi connectivity index (χ0n) is 37.8. The second kappa shape index (κ2) is 21.4. The van der Waals surface area contributed by atoms with Crippen LogP contribution in [-0.4, -0.2) is 0 Å². The number of hydrogen-bond acceptors (Lipinski definition) is 1. The van der Waals surface area contributed by atoms with Crippen molar-refractivity contribution in [1.82, 2.24) is 0 Å². The van der Waals surface area contributed by atoms with Crippen LogP contribution in [0.2, 0.25) is 0 Å². The van der Waals surface area contributed by atoms with Crippen LogP contribution in [0.5, 0.6) is 0 Å². The van der Waals surface area contributed by atoms with Gasteiger partial charge in [-0.25, -0.2) is 0 Å². The molecule has 0 amide bonds. The molecule has 0 saturated heterocycles. The zero-order chi connectivity index (χ0) is 44.8. The quantitative estimate of drug-likeness (QED) is 0.147. The Bertz CT molecular complexity index is 2890. The topological polar surface area (TPSA) is 3.24 Å². The molecule has 0 bridgehead atoms. The van der Waals surface area contributed by atoms with E-state index in [0.717, 1.165) is 17.1 Å². The van der Waals surface area contributed by atoms with Crippen molar-refractivity contribution >= 4 is 17.1 Å². The Morgan fingerprint density at radius 2 is 0.431 bits per heavy atom. The Balaban J connectivity index is 0.000000178. The Morgan fingerprint density at radius 1 is 0.200 bits per heavy atom. The molecule has 0 N–H and O–H groups in total. The number of aryl methyl sites for hydroxylation is 4. The van der Waals surface area contributed by atoms with Crippen LogP contribution in [-0.2, 0) is 0 Å². The summed E-state index contributed by atoms with van der Waals surface area (Å²) in [6.07, 6.45) is 0. The molecule has 0 fully saturated rings. The maximum absolute atomic E-state index is 2.33. The summed E-state index contributed by atoms with van der Waals surface area (Å²) >= 11 is 0. The smallest absolute Gasteiger partial charge is 0.0462 e. The molecule has 0 heterocycles. The average Bonchev–Trinajstić information content (AvgIpc) is 3.37. The Labute approximate surface area is 386 Å². The summed E-state index contributed by atoms with van der Waals surface area (Å²) < 4.78 is 0. The highest BCUT2D eigenvalue weighted by Gasteiger charge is 2.14. The van der Waals surface area contributed by atoms with Crippen molar-refractivity contribution in [3.8, 4) is 55.6 Å². The molecule has 0 saturated carbocycles. The van der Waals surface area contributed by atoms with Crippen LogP contribution in [0.4, 0.5) is 17.1 Å². The van der Waals surface area contributed by atoms with Crippen LogP contribution in [0.1, 0.15) is 22.3 Å². The minimum atomic E-state index is 1.13. The largest absolute Gasteiger partial charge is 0.311 e. The van der Waals surface area contributed by atoms with E-state index in [1.165, 1.54) is 77.9 Å². The molecule has 0 spiro atoms. The van der Waals surface area contributed by atoms with E-state index in [1.807, 2.05) is 12.1 Å². The van der Waals surface area contributed by atoms with Crippen molar-refractivity contribution < 1.29 is 0 Å². The highest BCUT2D eigenvalue weighted by molar-refractivity contribution is 5.81. The first kappa shape index (κ1) is 43.6. The molecule has 0 unspecified atom stereocenters. The Kier molecular flexibility index (Phi) is 14.4. The standard InChI is InChI=1S/C38H31N.2C13H12/c1-28-12-14-31(15-13-28)33-18-24-36(25-19-33)39(35-22-16-32(17-23-35)30-9-4-3-5-10-30)37-26-20-34(21-27-37)38-11-7-6-8-29(38)2;2*1-11-7-9-13(10-8-11)12-5-3-2-4-6-12/h3-27H,1-2H3;2*2-10H,1H3. The van der Waals surface area contributed by atoms with E-state index >= 15 is 0 Å². The molecule has 0 aliphatic heterocycles. The number of hydrogen-bond donors (Lipinski definition) is 0. The first-order valence-corrected chi connectivity index (χ1v) is 22.4. The van der Waals surface area contributed by atoms with Gasteiger partial charge >= 0.3 is 0 Å². The number of rotatable bonds is 8. The van der Waals surface area contributed by atoms with E-state index in [9.17, 15) is 0 Å². The van der Waals surface area contributed by atoms with Crippen LogP contribution >= 0.6 is 0 Å². The van der Waals surface area contributed by atoms with Gasteiger partial charge in [0.05, 0.1) is 0 Å². The van der Waals surface area contributed by atoms with Gasteiger partial charge in [0.1, 0.15) is 0 Å². The van der Waals surface area contributed by atoms with Crippen molar-refractivity contribution in [2.24, 2.45) is 0 Å². The van der Waals surface area contributed by atoms with E-state index in [1.54, 1.807) is 0 Å². The summed E-state index contributed by atoms with van der Waals surface area (Å²) in [7, 11) is 0. The van der Waals surface area contributed by atoms with Crippen molar-refractivity contribution in [2.75, 3.05) is 4.90 Å². The van der Waals surface area contributed by atoms with Crippen molar-refractivity contribution in [3.05, 3.63) is 283 Å². The predicted molar refractivity (Wildman–Crippen MR) is 280 cm³/mol. The summed E-state index contributed by atoms with van der Waals surface area (Å²) in [6.45, 7) is 8.50. The van der Waals surface area contributed by atoms with Crippen LogP contribution in [0, 0.1) is 27.7 Å². The molecular formula is C64H55N. The molecule has 10 aromatic carbocycles. The van der Waals surface area contributed by atoms with Gasteiger partial charge in [0.15, 0.2) is 0 Å². The highest BCUT2D eigenvalue weighted by Crippen LogP contribution is 2.38. The monoisotopic (exact) mass is 837 g/mol. The summed E-state index contributed by atoms with van der Waals surface area (Å²) in [6, 6.07) is 92.5. The van der Waals surface area contributed by atoms with Crippen molar-refractivity contribution in [2.45, 2.75) is 27.7 Å². The summed E-state index contributed by atoms with van der Waals surface area (Å²) in [5.74, 6) is 0. The molecule has 0 atom stereocenters. The average molecular weight is 838 g/mol. The SMILES string of the molecule is Cc1ccc(-c2ccc(N(c3ccc(-c4ccccc4)cc3)c3ccc(-c4ccccc4C)cc3)cc2)cc1.Cc1ccc(-c2ccccc2)cc1.Cc1ccc(-c2ccccc2)cc1. The van der Waals surface area contributed by atoms with Crippen LogP contribution < -0.4 is 4.90 Å². The van der Waals surface area contributed by atoms with E-state index in [0.29, 0.717) is 0 Å². The maximum atomic E-state index is 2.33. The molecule has 10 aromatic rings. The molecule has 1 heteroatoms. The van der Waals surface area contributed by atoms with Gasteiger partial charge in [-0.1, -0.05) is 241 Å². The lowest BCUT2D eigenvalue weighted by Gasteiger charge is -2.26. The maximum Gasteiger partial charge on any atom is 0.0462 e. The zero-order valence-corrected chi connectivity index (χ0v) is 37.8. The number of nitrogens with zero attached hydrogens (tertiary/aromatic N) is 1. The second-order valence-electron chi connectivity index (χ2n) is 16.5. The molecule has 0 radical (unpaired) electrons. The van der Waals surface area contributed by atoms with E-state index in [2.05, 4.69) is 281 Å². The third-order valence-electron chi connectivity index (χ3n) is 11.6. The van der Waals surface area contributed by atoms with E-state index < -0.39 is 0 Å². The van der Waals surface area contributed by atoms with Crippen LogP contribution in [0.25, 0.3) is 55.6 Å². The van der Waals surface area contributed by atoms with Gasteiger partial charge < -0.3 is 4.90 Å². The second-order valence-corrected chi connectivity index (χ2v) is 16.5. The fourth-order valence-electron chi connectivity index (χ4n) is 7.87. The van der Waals surface area contributed by atoms with Crippen molar-refractivity contribution in [1.29, 1.82) is 0 Å². The van der Waals surface area contributed by atoms with Gasteiger partial charge in [0, 0.05) is 17.1 Å². The van der Waals surface area contributed by atoms with E-state index in [-0.39, 0.29) is 0 Å². The molecule has 65 heavy (non-hydrogen) atoms. The molecule has 316 valence electrons. The minimum Gasteiger partial charge on any atom is -0.311 e. The Morgan fingerprint density at radius 3 is 0.723 bits per heavy atom. The molecule has 0 aliphatic carbocycles. The van der Waals surface area contributed by atoms with Gasteiger partial charge in [-0.05, 0) is 125 Å². The fraction of sp³-hybridized carbons (Fsp3) is 0.0625. The number of benzene rings is 10. The third-order valence-corrected chi connectivity index (χ3v) is 11.6. The number of anilines is 3. The normalized spacial score (nSPS) is 10.5.